The van der Waals surface area contributed by atoms with Gasteiger partial charge >= 0.3 is 5.97 Å². The number of carbonyl (C=O) groups is 1. The van der Waals surface area contributed by atoms with E-state index in [-0.39, 0.29) is 36.9 Å². The summed E-state index contributed by atoms with van der Waals surface area (Å²) in [5.74, 6) is -0.347. The molecular weight excluding hydrogens is 690 g/mol. The Morgan fingerprint density at radius 3 is 2.07 bits per heavy atom. The molecule has 3 rings (SSSR count). The van der Waals surface area contributed by atoms with Crippen LogP contribution in [0.3, 0.4) is 0 Å². The summed E-state index contributed by atoms with van der Waals surface area (Å²) in [7, 11) is 9.01. The van der Waals surface area contributed by atoms with Crippen LogP contribution in [0.15, 0.2) is 0 Å². The number of cyclic esters (lactones) is 1. The van der Waals surface area contributed by atoms with Gasteiger partial charge in [-0.3, -0.25) is 9.69 Å². The lowest BCUT2D eigenvalue weighted by atomic mass is 9.82. The summed E-state index contributed by atoms with van der Waals surface area (Å²) >= 11 is 0. The lowest BCUT2D eigenvalue weighted by Crippen LogP contribution is -2.59. The Balaban J connectivity index is 0.00000184. The van der Waals surface area contributed by atoms with Gasteiger partial charge in [-0.1, -0.05) is 41.5 Å². The lowest BCUT2D eigenvalue weighted by Gasteiger charge is -2.42. The Kier molecular flexibility index (Phi) is 26.6. The fourth-order valence-electron chi connectivity index (χ4n) is 7.99. The first-order chi connectivity index (χ1) is 25.4. The first-order valence-corrected chi connectivity index (χ1v) is 20.6. The summed E-state index contributed by atoms with van der Waals surface area (Å²) in [5, 5.41) is 32.2. The maximum atomic E-state index is 13.5. The summed E-state index contributed by atoms with van der Waals surface area (Å²) in [6.45, 7) is 23.2. The number of hydrogen-bond donors (Lipinski definition) is 2. The van der Waals surface area contributed by atoms with Gasteiger partial charge in [0, 0.05) is 52.4 Å². The summed E-state index contributed by atoms with van der Waals surface area (Å²) in [6.07, 6.45) is 3.30. The summed E-state index contributed by atoms with van der Waals surface area (Å²) in [6, 6.07) is 2.00. The van der Waals surface area contributed by atoms with Crippen LogP contribution in [0, 0.1) is 35.0 Å². The van der Waals surface area contributed by atoms with Crippen LogP contribution in [0.5, 0.6) is 0 Å². The van der Waals surface area contributed by atoms with E-state index >= 15 is 0 Å². The zero-order valence-corrected chi connectivity index (χ0v) is 37.2. The van der Waals surface area contributed by atoms with Crippen LogP contribution in [-0.2, 0) is 33.2 Å². The molecule has 3 saturated heterocycles. The topological polar surface area (TPSA) is 143 Å². The Labute approximate surface area is 330 Å². The molecule has 0 aromatic heterocycles. The monoisotopic (exact) mass is 774 g/mol. The number of aliphatic hydroxyl groups is 2. The molecule has 0 bridgehead atoms. The number of carbonyl (C=O) groups excluding carboxylic acids is 1. The third kappa shape index (κ3) is 17.0. The maximum Gasteiger partial charge on any atom is 0.311 e. The normalized spacial score (nSPS) is 38.7. The number of ether oxygens (including phenoxy) is 6. The minimum Gasteiger partial charge on any atom is -0.459 e. The van der Waals surface area contributed by atoms with E-state index in [1.54, 1.807) is 35.2 Å². The fraction of sp³-hybridized carbons (Fsp3) is 0.952. The largest absolute Gasteiger partial charge is 0.459 e. The second-order valence-corrected chi connectivity index (χ2v) is 16.1. The Morgan fingerprint density at radius 2 is 1.59 bits per heavy atom. The highest BCUT2D eigenvalue weighted by Gasteiger charge is 2.46. The molecule has 3 aliphatic rings. The number of aliphatic hydroxyl groups excluding tert-OH is 1. The van der Waals surface area contributed by atoms with Crippen LogP contribution in [0.1, 0.15) is 121 Å². The van der Waals surface area contributed by atoms with Gasteiger partial charge in [-0.25, -0.2) is 0 Å². The van der Waals surface area contributed by atoms with Crippen molar-refractivity contribution in [2.24, 2.45) is 23.7 Å². The van der Waals surface area contributed by atoms with Gasteiger partial charge in [0.25, 0.3) is 0 Å². The average molecular weight is 774 g/mol. The number of nitriles is 1. The van der Waals surface area contributed by atoms with Gasteiger partial charge in [0.2, 0.25) is 0 Å². The van der Waals surface area contributed by atoms with Crippen molar-refractivity contribution < 1.29 is 43.4 Å². The van der Waals surface area contributed by atoms with Crippen LogP contribution in [0.2, 0.25) is 0 Å². The molecule has 0 aliphatic carbocycles. The van der Waals surface area contributed by atoms with Crippen molar-refractivity contribution in [3.05, 3.63) is 0 Å². The number of rotatable bonds is 6. The quantitative estimate of drug-likeness (QED) is 0.231. The number of esters is 1. The Hall–Kier alpha value is -1.40. The van der Waals surface area contributed by atoms with Crippen molar-refractivity contribution in [1.29, 1.82) is 5.26 Å². The van der Waals surface area contributed by atoms with E-state index in [0.29, 0.717) is 25.1 Å². The minimum atomic E-state index is -1.72. The average Bonchev–Trinajstić information content (AvgIpc) is 3.12. The van der Waals surface area contributed by atoms with Crippen LogP contribution < -0.4 is 0 Å². The molecular formula is C42H83N3O9. The zero-order valence-electron chi connectivity index (χ0n) is 37.2. The molecule has 320 valence electrons. The van der Waals surface area contributed by atoms with E-state index in [2.05, 4.69) is 57.5 Å². The molecule has 12 nitrogen and oxygen atoms in total. The second-order valence-electron chi connectivity index (χ2n) is 16.1. The van der Waals surface area contributed by atoms with Crippen molar-refractivity contribution in [3.63, 3.8) is 0 Å². The predicted molar refractivity (Wildman–Crippen MR) is 215 cm³/mol. The molecule has 8 unspecified atom stereocenters. The number of nitrogens with zero attached hydrogens (tertiary/aromatic N) is 3. The number of hydrogen-bond acceptors (Lipinski definition) is 12. The first kappa shape index (κ1) is 52.6. The molecule has 0 aromatic carbocycles. The summed E-state index contributed by atoms with van der Waals surface area (Å²) in [4.78, 5) is 17.6. The molecule has 12 heteroatoms. The molecule has 3 aliphatic heterocycles. The van der Waals surface area contributed by atoms with Gasteiger partial charge < -0.3 is 43.5 Å². The SMILES string of the molecule is CC.CC1CCOC(C)C1.CC[C@H]1OC(=O)C(C)[C@@H](OC)[C@H](C)[C@@H](OC2CC(N(C)C)CC(C)O2)[C@@H](C)CCCN(CC#N)C(C)C(O)[C@]1(C)O.COC. The van der Waals surface area contributed by atoms with Crippen LogP contribution >= 0.6 is 0 Å². The molecule has 54 heavy (non-hydrogen) atoms. The molecule has 2 N–H and O–H groups in total. The molecule has 0 aromatic rings. The molecule has 0 amide bonds. The zero-order chi connectivity index (χ0) is 41.8. The second kappa shape index (κ2) is 27.3. The smallest absolute Gasteiger partial charge is 0.311 e. The predicted octanol–water partition coefficient (Wildman–Crippen LogP) is 6.30. The highest BCUT2D eigenvalue weighted by atomic mass is 16.7. The van der Waals surface area contributed by atoms with E-state index in [1.807, 2.05) is 32.6 Å². The van der Waals surface area contributed by atoms with Crippen molar-refractivity contribution in [2.45, 2.75) is 182 Å². The van der Waals surface area contributed by atoms with Gasteiger partial charge in [0.1, 0.15) is 17.8 Å². The highest BCUT2D eigenvalue weighted by molar-refractivity contribution is 5.73. The fourth-order valence-corrected chi connectivity index (χ4v) is 7.99. The third-order valence-electron chi connectivity index (χ3n) is 11.3. The lowest BCUT2D eigenvalue weighted by molar-refractivity contribution is -0.244. The van der Waals surface area contributed by atoms with Gasteiger partial charge in [-0.15, -0.1) is 0 Å². The van der Waals surface area contributed by atoms with Crippen molar-refractivity contribution in [3.8, 4) is 6.07 Å². The third-order valence-corrected chi connectivity index (χ3v) is 11.3. The van der Waals surface area contributed by atoms with Crippen molar-refractivity contribution >= 4 is 5.97 Å². The molecule has 0 radical (unpaired) electrons. The van der Waals surface area contributed by atoms with Gasteiger partial charge in [-0.05, 0) is 106 Å². The molecule has 3 fully saturated rings. The van der Waals surface area contributed by atoms with E-state index in [1.165, 1.54) is 19.8 Å². The Morgan fingerprint density at radius 1 is 0.981 bits per heavy atom. The molecule has 14 atom stereocenters. The minimum absolute atomic E-state index is 0.0624. The van der Waals surface area contributed by atoms with Gasteiger partial charge in [0.05, 0.1) is 42.9 Å². The van der Waals surface area contributed by atoms with Gasteiger partial charge in [-0.2, -0.15) is 5.26 Å². The summed E-state index contributed by atoms with van der Waals surface area (Å²) < 4.78 is 34.4. The van der Waals surface area contributed by atoms with E-state index in [9.17, 15) is 20.3 Å². The van der Waals surface area contributed by atoms with Crippen molar-refractivity contribution in [2.75, 3.05) is 55.1 Å². The standard InChI is InChI=1S/C31H57N3O7.C7H14O.C2H6O.C2H6/c1-11-25-31(7,37)29(35)23(6)34(16-14-32)15-12-13-19(2)27(21(4)28(38-10)22(5)30(36)40-25)41-26-18-24(33(8)9)17-20(3)39-26;1-6-3-4-8-7(2)5-6;1-3-2;1-2/h19-29,35,37H,11-13,15-18H2,1-10H3;6-7H,3-5H2,1-2H3;1-2H3;1-2H3/t19-,20?,21+,22?,23?,24?,25+,26?,27-,28-,29?,31+;;;/m0.../s1. The van der Waals surface area contributed by atoms with E-state index in [0.717, 1.165) is 38.2 Å². The van der Waals surface area contributed by atoms with Gasteiger partial charge in [0.15, 0.2) is 6.29 Å². The molecule has 3 heterocycles. The first-order valence-electron chi connectivity index (χ1n) is 20.6. The number of methoxy groups -OCH3 is 2. The highest BCUT2D eigenvalue weighted by Crippen LogP contribution is 2.34. The van der Waals surface area contributed by atoms with Crippen LogP contribution in [0.25, 0.3) is 0 Å². The Bertz CT molecular complexity index is 1020. The van der Waals surface area contributed by atoms with Crippen LogP contribution in [0.4, 0.5) is 0 Å². The van der Waals surface area contributed by atoms with Crippen LogP contribution in [-0.4, -0.2) is 142 Å². The maximum absolute atomic E-state index is 13.5. The van der Waals surface area contributed by atoms with E-state index in [4.69, 9.17) is 23.7 Å². The van der Waals surface area contributed by atoms with E-state index < -0.39 is 41.8 Å². The van der Waals surface area contributed by atoms with Crippen molar-refractivity contribution in [1.82, 2.24) is 9.80 Å². The molecule has 0 spiro atoms. The molecule has 0 saturated carbocycles. The summed E-state index contributed by atoms with van der Waals surface area (Å²) in [5.41, 5.74) is -1.72.